The zero-order valence-electron chi connectivity index (χ0n) is 9.51. The van der Waals surface area contributed by atoms with E-state index in [9.17, 15) is 4.79 Å². The van der Waals surface area contributed by atoms with Crippen LogP contribution in [-0.2, 0) is 4.79 Å². The van der Waals surface area contributed by atoms with Gasteiger partial charge in [-0.1, -0.05) is 18.2 Å². The molecule has 1 saturated heterocycles. The molecule has 0 spiro atoms. The summed E-state index contributed by atoms with van der Waals surface area (Å²) in [5.74, 6) is 0.177. The molecule has 0 bridgehead atoms. The van der Waals surface area contributed by atoms with Crippen LogP contribution in [0.15, 0.2) is 30.3 Å². The van der Waals surface area contributed by atoms with Crippen LogP contribution < -0.4 is 10.2 Å². The summed E-state index contributed by atoms with van der Waals surface area (Å²) in [6, 6.07) is 10.1. The van der Waals surface area contributed by atoms with E-state index >= 15 is 0 Å². The van der Waals surface area contributed by atoms with E-state index in [0.717, 1.165) is 12.1 Å². The lowest BCUT2D eigenvalue weighted by Gasteiger charge is -2.21. The first-order valence-electron chi connectivity index (χ1n) is 5.29. The van der Waals surface area contributed by atoms with Crippen molar-refractivity contribution in [2.45, 2.75) is 25.4 Å². The molecule has 1 aliphatic rings. The molecule has 0 unspecified atom stereocenters. The van der Waals surface area contributed by atoms with Gasteiger partial charge in [-0.25, -0.2) is 0 Å². The number of hydrogen-bond acceptors (Lipinski definition) is 2. The smallest absolute Gasteiger partial charge is 0.244 e. The fourth-order valence-corrected chi connectivity index (χ4v) is 2.14. The van der Waals surface area contributed by atoms with E-state index in [1.165, 1.54) is 0 Å². The molecule has 0 radical (unpaired) electrons. The zero-order chi connectivity index (χ0) is 10.8. The first kappa shape index (κ1) is 13.0. The summed E-state index contributed by atoms with van der Waals surface area (Å²) in [6.45, 7) is 2.09. The summed E-state index contributed by atoms with van der Waals surface area (Å²) in [4.78, 5) is 13.9. The number of para-hydroxylation sites is 1. The Bertz CT molecular complexity index is 355. The van der Waals surface area contributed by atoms with Crippen LogP contribution in [0.5, 0.6) is 0 Å². The van der Waals surface area contributed by atoms with Crippen molar-refractivity contribution in [3.05, 3.63) is 30.3 Å². The normalized spacial score (nSPS) is 24.4. The third-order valence-corrected chi connectivity index (χ3v) is 2.94. The Morgan fingerprint density at radius 3 is 2.44 bits per heavy atom. The van der Waals surface area contributed by atoms with Gasteiger partial charge in [0.15, 0.2) is 0 Å². The van der Waals surface area contributed by atoms with Crippen LogP contribution in [-0.4, -0.2) is 25.0 Å². The second-order valence-corrected chi connectivity index (χ2v) is 3.97. The number of likely N-dealkylation sites (N-methyl/N-ethyl adjacent to an activating group) is 1. The molecular weight excluding hydrogens is 224 g/mol. The van der Waals surface area contributed by atoms with Crippen LogP contribution in [0.4, 0.5) is 5.69 Å². The van der Waals surface area contributed by atoms with Crippen molar-refractivity contribution in [1.29, 1.82) is 0 Å². The highest BCUT2D eigenvalue weighted by atomic mass is 35.5. The Hall–Kier alpha value is -1.06. The average molecular weight is 241 g/mol. The van der Waals surface area contributed by atoms with E-state index in [0.29, 0.717) is 0 Å². The number of nitrogens with one attached hydrogen (secondary N) is 1. The molecule has 0 saturated carbocycles. The highest BCUT2D eigenvalue weighted by Crippen LogP contribution is 2.25. The summed E-state index contributed by atoms with van der Waals surface area (Å²) < 4.78 is 0. The number of amides is 1. The van der Waals surface area contributed by atoms with E-state index in [2.05, 4.69) is 12.2 Å². The van der Waals surface area contributed by atoms with Gasteiger partial charge in [-0.15, -0.1) is 12.4 Å². The summed E-state index contributed by atoms with van der Waals surface area (Å²) in [7, 11) is 1.84. The predicted molar refractivity (Wildman–Crippen MR) is 68.1 cm³/mol. The summed E-state index contributed by atoms with van der Waals surface area (Å²) >= 11 is 0. The van der Waals surface area contributed by atoms with Gasteiger partial charge in [-0.2, -0.15) is 0 Å². The van der Waals surface area contributed by atoms with E-state index in [1.54, 1.807) is 0 Å². The SMILES string of the molecule is CN[C@H]1C[C@@H](C)N(c2ccccc2)C1=O.Cl. The minimum Gasteiger partial charge on any atom is -0.309 e. The van der Waals surface area contributed by atoms with Crippen LogP contribution in [0.25, 0.3) is 0 Å². The molecule has 1 amide bonds. The molecule has 88 valence electrons. The summed E-state index contributed by atoms with van der Waals surface area (Å²) in [5, 5.41) is 3.05. The van der Waals surface area contributed by atoms with E-state index in [4.69, 9.17) is 0 Å². The van der Waals surface area contributed by atoms with Crippen molar-refractivity contribution in [3.8, 4) is 0 Å². The minimum absolute atomic E-state index is 0. The molecule has 1 heterocycles. The molecule has 1 aliphatic heterocycles. The van der Waals surface area contributed by atoms with Crippen molar-refractivity contribution in [1.82, 2.24) is 5.32 Å². The molecule has 1 fully saturated rings. The highest BCUT2D eigenvalue weighted by Gasteiger charge is 2.36. The first-order valence-corrected chi connectivity index (χ1v) is 5.29. The van der Waals surface area contributed by atoms with Crippen LogP contribution >= 0.6 is 12.4 Å². The number of nitrogens with zero attached hydrogens (tertiary/aromatic N) is 1. The number of anilines is 1. The summed E-state index contributed by atoms with van der Waals surface area (Å²) in [6.07, 6.45) is 0.879. The molecular formula is C12H17ClN2O. The monoisotopic (exact) mass is 240 g/mol. The van der Waals surface area contributed by atoms with Gasteiger partial charge < -0.3 is 10.2 Å². The van der Waals surface area contributed by atoms with Gasteiger partial charge in [-0.05, 0) is 32.5 Å². The van der Waals surface area contributed by atoms with Crippen LogP contribution in [0.3, 0.4) is 0 Å². The molecule has 0 aromatic heterocycles. The van der Waals surface area contributed by atoms with Crippen molar-refractivity contribution < 1.29 is 4.79 Å². The zero-order valence-corrected chi connectivity index (χ0v) is 10.3. The van der Waals surface area contributed by atoms with Gasteiger partial charge in [0.2, 0.25) is 5.91 Å². The Morgan fingerprint density at radius 2 is 1.94 bits per heavy atom. The Kier molecular flexibility index (Phi) is 4.33. The van der Waals surface area contributed by atoms with Gasteiger partial charge >= 0.3 is 0 Å². The third-order valence-electron chi connectivity index (χ3n) is 2.94. The Morgan fingerprint density at radius 1 is 1.31 bits per heavy atom. The van der Waals surface area contributed by atoms with Crippen molar-refractivity contribution in [3.63, 3.8) is 0 Å². The lowest BCUT2D eigenvalue weighted by molar-refractivity contribution is -0.118. The molecule has 3 nitrogen and oxygen atoms in total. The molecule has 1 N–H and O–H groups in total. The van der Waals surface area contributed by atoms with Crippen molar-refractivity contribution >= 4 is 24.0 Å². The third kappa shape index (κ3) is 2.20. The topological polar surface area (TPSA) is 32.3 Å². The quantitative estimate of drug-likeness (QED) is 0.856. The number of carbonyl (C=O) groups is 1. The molecule has 0 aliphatic carbocycles. The van der Waals surface area contributed by atoms with E-state index in [-0.39, 0.29) is 30.4 Å². The highest BCUT2D eigenvalue weighted by molar-refractivity contribution is 6.00. The lowest BCUT2D eigenvalue weighted by atomic mass is 10.2. The number of rotatable bonds is 2. The molecule has 16 heavy (non-hydrogen) atoms. The number of carbonyl (C=O) groups excluding carboxylic acids is 1. The predicted octanol–water partition coefficient (Wildman–Crippen LogP) is 1.82. The second kappa shape index (κ2) is 5.32. The number of halogens is 1. The second-order valence-electron chi connectivity index (χ2n) is 3.97. The van der Waals surface area contributed by atoms with Gasteiger partial charge in [0, 0.05) is 11.7 Å². The first-order chi connectivity index (χ1) is 7.24. The molecule has 2 rings (SSSR count). The molecule has 1 aromatic rings. The standard InChI is InChI=1S/C12H16N2O.ClH/c1-9-8-11(13-2)12(15)14(9)10-6-4-3-5-7-10;/h3-7,9,11,13H,8H2,1-2H3;1H/t9-,11+;/m1./s1. The van der Waals surface area contributed by atoms with Gasteiger partial charge in [0.25, 0.3) is 0 Å². The average Bonchev–Trinajstić information content (AvgIpc) is 2.55. The minimum atomic E-state index is -0.0276. The van der Waals surface area contributed by atoms with Crippen LogP contribution in [0.2, 0.25) is 0 Å². The maximum Gasteiger partial charge on any atom is 0.244 e. The van der Waals surface area contributed by atoms with Crippen molar-refractivity contribution in [2.24, 2.45) is 0 Å². The molecule has 1 aromatic carbocycles. The fourth-order valence-electron chi connectivity index (χ4n) is 2.14. The van der Waals surface area contributed by atoms with Gasteiger partial charge in [0.1, 0.15) is 0 Å². The molecule has 4 heteroatoms. The number of hydrogen-bond donors (Lipinski definition) is 1. The van der Waals surface area contributed by atoms with Gasteiger partial charge in [-0.3, -0.25) is 4.79 Å². The van der Waals surface area contributed by atoms with Crippen LogP contribution in [0.1, 0.15) is 13.3 Å². The van der Waals surface area contributed by atoms with Crippen LogP contribution in [0, 0.1) is 0 Å². The number of benzene rings is 1. The maximum atomic E-state index is 12.0. The van der Waals surface area contributed by atoms with E-state index in [1.807, 2.05) is 42.3 Å². The Balaban J connectivity index is 0.00000128. The maximum absolute atomic E-state index is 12.0. The summed E-state index contributed by atoms with van der Waals surface area (Å²) in [5.41, 5.74) is 0.993. The van der Waals surface area contributed by atoms with Gasteiger partial charge in [0.05, 0.1) is 6.04 Å². The lowest BCUT2D eigenvalue weighted by Crippen LogP contribution is -2.37. The largest absolute Gasteiger partial charge is 0.309 e. The van der Waals surface area contributed by atoms with E-state index < -0.39 is 0 Å². The Labute approximate surface area is 102 Å². The fraction of sp³-hybridized carbons (Fsp3) is 0.417. The van der Waals surface area contributed by atoms with Crippen molar-refractivity contribution in [2.75, 3.05) is 11.9 Å². The molecule has 2 atom stereocenters.